The molecule has 3 aromatic rings. The van der Waals surface area contributed by atoms with Crippen molar-refractivity contribution in [2.75, 3.05) is 5.32 Å². The summed E-state index contributed by atoms with van der Waals surface area (Å²) in [6.07, 6.45) is 3.98. The number of nitrogens with one attached hydrogen (secondary N) is 1. The summed E-state index contributed by atoms with van der Waals surface area (Å²) >= 11 is 0. The maximum absolute atomic E-state index is 13.7. The van der Waals surface area contributed by atoms with Gasteiger partial charge in [-0.3, -0.25) is 4.79 Å². The van der Waals surface area contributed by atoms with E-state index in [2.05, 4.69) is 5.32 Å². The van der Waals surface area contributed by atoms with Crippen LogP contribution in [0.1, 0.15) is 15.9 Å². The lowest BCUT2D eigenvalue weighted by atomic mass is 10.0. The van der Waals surface area contributed by atoms with Crippen molar-refractivity contribution in [1.29, 1.82) is 0 Å². The standard InChI is InChI=1S/C20H16F2N2O.HI/c1-13-10-11-24(2)12-16(13)14-6-8-15(9-7-14)23-20(25)19-17(21)4-3-5-18(19)22;/h3-12H,1-2H3;1H. The minimum Gasteiger partial charge on any atom is -1.00 e. The molecule has 0 aliphatic rings. The Morgan fingerprint density at radius 3 is 2.23 bits per heavy atom. The molecule has 6 heteroatoms. The molecule has 0 radical (unpaired) electrons. The predicted molar refractivity (Wildman–Crippen MR) is 92.1 cm³/mol. The average Bonchev–Trinajstić information content (AvgIpc) is 2.58. The number of carbonyl (C=O) groups is 1. The van der Waals surface area contributed by atoms with Gasteiger partial charge < -0.3 is 29.3 Å². The molecule has 26 heavy (non-hydrogen) atoms. The Kier molecular flexibility index (Phi) is 6.42. The van der Waals surface area contributed by atoms with E-state index in [4.69, 9.17) is 0 Å². The summed E-state index contributed by atoms with van der Waals surface area (Å²) < 4.78 is 29.3. The van der Waals surface area contributed by atoms with Gasteiger partial charge in [0.2, 0.25) is 0 Å². The lowest BCUT2D eigenvalue weighted by Gasteiger charge is -2.09. The van der Waals surface area contributed by atoms with Crippen LogP contribution in [0.3, 0.4) is 0 Å². The third-order valence-electron chi connectivity index (χ3n) is 3.96. The van der Waals surface area contributed by atoms with Crippen LogP contribution in [0.4, 0.5) is 14.5 Å². The molecule has 3 nitrogen and oxygen atoms in total. The summed E-state index contributed by atoms with van der Waals surface area (Å²) in [6, 6.07) is 12.5. The van der Waals surface area contributed by atoms with E-state index in [1.54, 1.807) is 12.1 Å². The van der Waals surface area contributed by atoms with Crippen LogP contribution < -0.4 is 33.9 Å². The van der Waals surface area contributed by atoms with Gasteiger partial charge in [-0.25, -0.2) is 13.3 Å². The lowest BCUT2D eigenvalue weighted by Crippen LogP contribution is -3.00. The molecule has 1 aromatic heterocycles. The summed E-state index contributed by atoms with van der Waals surface area (Å²) in [6.45, 7) is 2.02. The van der Waals surface area contributed by atoms with Gasteiger partial charge in [-0.2, -0.15) is 0 Å². The molecule has 134 valence electrons. The molecule has 0 aliphatic carbocycles. The van der Waals surface area contributed by atoms with Crippen molar-refractivity contribution in [2.45, 2.75) is 6.92 Å². The second kappa shape index (κ2) is 8.35. The van der Waals surface area contributed by atoms with Gasteiger partial charge in [-0.05, 0) is 42.3 Å². The molecule has 0 atom stereocenters. The summed E-state index contributed by atoms with van der Waals surface area (Å²) in [4.78, 5) is 12.1. The number of halogens is 3. The fraction of sp³-hybridized carbons (Fsp3) is 0.100. The number of aromatic nitrogens is 1. The first-order chi connectivity index (χ1) is 12.0. The lowest BCUT2D eigenvalue weighted by molar-refractivity contribution is -0.671. The molecule has 0 saturated carbocycles. The SMILES string of the molecule is Cc1cc[n+](C)cc1-c1ccc(NC(=O)c2c(F)cccc2F)cc1.[I-]. The van der Waals surface area contributed by atoms with Gasteiger partial charge in [0, 0.05) is 17.3 Å². The number of nitrogens with zero attached hydrogens (tertiary/aromatic N) is 1. The third-order valence-corrected chi connectivity index (χ3v) is 3.96. The largest absolute Gasteiger partial charge is 1.00 e. The van der Waals surface area contributed by atoms with Crippen LogP contribution in [0.15, 0.2) is 60.9 Å². The molecule has 1 amide bonds. The Morgan fingerprint density at radius 2 is 1.62 bits per heavy atom. The van der Waals surface area contributed by atoms with Crippen LogP contribution in [-0.4, -0.2) is 5.91 Å². The Bertz CT molecular complexity index is 923. The van der Waals surface area contributed by atoms with Gasteiger partial charge in [-0.1, -0.05) is 18.2 Å². The van der Waals surface area contributed by atoms with Gasteiger partial charge in [-0.15, -0.1) is 0 Å². The number of hydrogen-bond acceptors (Lipinski definition) is 1. The minimum absolute atomic E-state index is 0. The van der Waals surface area contributed by atoms with Crippen molar-refractivity contribution in [1.82, 2.24) is 0 Å². The first-order valence-corrected chi connectivity index (χ1v) is 7.77. The number of hydrogen-bond donors (Lipinski definition) is 1. The van der Waals surface area contributed by atoms with Gasteiger partial charge in [0.25, 0.3) is 5.91 Å². The van der Waals surface area contributed by atoms with Gasteiger partial charge in [0.15, 0.2) is 12.4 Å². The maximum Gasteiger partial charge on any atom is 0.261 e. The van der Waals surface area contributed by atoms with E-state index < -0.39 is 23.1 Å². The first kappa shape index (κ1) is 20.0. The van der Waals surface area contributed by atoms with Gasteiger partial charge in [0.1, 0.15) is 24.2 Å². The Labute approximate surface area is 167 Å². The molecular formula is C20H17F2IN2O. The van der Waals surface area contributed by atoms with Gasteiger partial charge in [0.05, 0.1) is 0 Å². The number of pyridine rings is 1. The zero-order valence-corrected chi connectivity index (χ0v) is 16.4. The summed E-state index contributed by atoms with van der Waals surface area (Å²) in [5.74, 6) is -2.59. The van der Waals surface area contributed by atoms with Crippen LogP contribution in [-0.2, 0) is 7.05 Å². The molecule has 0 spiro atoms. The molecule has 0 saturated heterocycles. The molecule has 0 aliphatic heterocycles. The number of benzene rings is 2. The first-order valence-electron chi connectivity index (χ1n) is 7.77. The maximum atomic E-state index is 13.7. The van der Waals surface area contributed by atoms with E-state index in [0.717, 1.165) is 28.8 Å². The fourth-order valence-electron chi connectivity index (χ4n) is 2.61. The van der Waals surface area contributed by atoms with E-state index in [1.165, 1.54) is 6.07 Å². The molecule has 0 unspecified atom stereocenters. The monoisotopic (exact) mass is 466 g/mol. The molecule has 3 rings (SSSR count). The molecular weight excluding hydrogens is 449 g/mol. The van der Waals surface area contributed by atoms with E-state index >= 15 is 0 Å². The van der Waals surface area contributed by atoms with Crippen molar-refractivity contribution >= 4 is 11.6 Å². The van der Waals surface area contributed by atoms with Gasteiger partial charge >= 0.3 is 0 Å². The Morgan fingerprint density at radius 1 is 1.00 bits per heavy atom. The number of anilines is 1. The second-order valence-electron chi connectivity index (χ2n) is 5.84. The number of carbonyl (C=O) groups excluding carboxylic acids is 1. The van der Waals surface area contributed by atoms with Crippen molar-refractivity contribution < 1.29 is 42.1 Å². The topological polar surface area (TPSA) is 33.0 Å². The highest BCUT2D eigenvalue weighted by atomic mass is 127. The number of rotatable bonds is 3. The van der Waals surface area contributed by atoms with E-state index in [0.29, 0.717) is 5.69 Å². The molecule has 1 heterocycles. The smallest absolute Gasteiger partial charge is 0.261 e. The third kappa shape index (κ3) is 4.24. The normalized spacial score (nSPS) is 10.2. The van der Waals surface area contributed by atoms with Crippen LogP contribution in [0.25, 0.3) is 11.1 Å². The van der Waals surface area contributed by atoms with Crippen molar-refractivity contribution in [3.8, 4) is 11.1 Å². The van der Waals surface area contributed by atoms with Crippen LogP contribution >= 0.6 is 0 Å². The van der Waals surface area contributed by atoms with Crippen molar-refractivity contribution in [2.24, 2.45) is 7.05 Å². The van der Waals surface area contributed by atoms with Crippen molar-refractivity contribution in [3.63, 3.8) is 0 Å². The summed E-state index contributed by atoms with van der Waals surface area (Å²) in [5.41, 5.74) is 3.07. The highest BCUT2D eigenvalue weighted by Crippen LogP contribution is 2.24. The second-order valence-corrected chi connectivity index (χ2v) is 5.84. The number of aryl methyl sites for hydroxylation is 2. The zero-order valence-electron chi connectivity index (χ0n) is 14.3. The predicted octanol–water partition coefficient (Wildman–Crippen LogP) is 1.02. The molecule has 0 fully saturated rings. The van der Waals surface area contributed by atoms with Crippen LogP contribution in [0, 0.1) is 18.6 Å². The highest BCUT2D eigenvalue weighted by molar-refractivity contribution is 6.04. The van der Waals surface area contributed by atoms with Crippen molar-refractivity contribution in [3.05, 3.63) is 83.7 Å². The van der Waals surface area contributed by atoms with E-state index in [1.807, 2.05) is 49.1 Å². The minimum atomic E-state index is -0.887. The molecule has 1 N–H and O–H groups in total. The average molecular weight is 466 g/mol. The van der Waals surface area contributed by atoms with Crippen LogP contribution in [0.5, 0.6) is 0 Å². The molecule has 0 bridgehead atoms. The fourth-order valence-corrected chi connectivity index (χ4v) is 2.61. The number of amides is 1. The van der Waals surface area contributed by atoms with E-state index in [-0.39, 0.29) is 24.0 Å². The Hall–Kier alpha value is -2.35. The quantitative estimate of drug-likeness (QED) is 0.454. The Balaban J connectivity index is 0.00000243. The zero-order chi connectivity index (χ0) is 18.0. The summed E-state index contributed by atoms with van der Waals surface area (Å²) in [5, 5.41) is 2.52. The molecule has 2 aromatic carbocycles. The highest BCUT2D eigenvalue weighted by Gasteiger charge is 2.17. The summed E-state index contributed by atoms with van der Waals surface area (Å²) in [7, 11) is 1.94. The van der Waals surface area contributed by atoms with E-state index in [9.17, 15) is 13.6 Å². The van der Waals surface area contributed by atoms with Crippen LogP contribution in [0.2, 0.25) is 0 Å².